The molecule has 0 spiro atoms. The summed E-state index contributed by atoms with van der Waals surface area (Å²) in [6, 6.07) is 0. The molecular weight excluding hydrogens is 360 g/mol. The minimum absolute atomic E-state index is 0.124. The van der Waals surface area contributed by atoms with Gasteiger partial charge in [-0.25, -0.2) is 0 Å². The molecule has 0 aliphatic heterocycles. The van der Waals surface area contributed by atoms with Crippen LogP contribution in [0.1, 0.15) is 54.4 Å². The van der Waals surface area contributed by atoms with Crippen LogP contribution in [0.25, 0.3) is 0 Å². The molecule has 0 saturated heterocycles. The fourth-order valence-electron chi connectivity index (χ4n) is 4.16. The second-order valence-corrected chi connectivity index (χ2v) is 14.3. The molecule has 0 unspecified atom stereocenters. The molecule has 0 heterocycles. The normalized spacial score (nSPS) is 29.3. The Labute approximate surface area is 165 Å². The van der Waals surface area contributed by atoms with Crippen LogP contribution in [-0.4, -0.2) is 33.5 Å². The van der Waals surface area contributed by atoms with Gasteiger partial charge in [-0.2, -0.15) is 0 Å². The van der Waals surface area contributed by atoms with Gasteiger partial charge < -0.3 is 13.9 Å². The van der Waals surface area contributed by atoms with Gasteiger partial charge in [0.1, 0.15) is 0 Å². The number of rotatable bonds is 7. The van der Waals surface area contributed by atoms with Crippen molar-refractivity contribution in [3.63, 3.8) is 0 Å². The van der Waals surface area contributed by atoms with Crippen molar-refractivity contribution in [2.45, 2.75) is 72.5 Å². The minimum Gasteiger partial charge on any atom is -0.549 e. The highest BCUT2D eigenvalue weighted by molar-refractivity contribution is 6.74. The van der Waals surface area contributed by atoms with Gasteiger partial charge >= 0.3 is 11.9 Å². The Bertz CT molecular complexity index is 601. The lowest BCUT2D eigenvalue weighted by molar-refractivity contribution is -0.173. The molecule has 2 aliphatic rings. The molecule has 0 aromatic rings. The summed E-state index contributed by atoms with van der Waals surface area (Å²) in [5.41, 5.74) is -1.35. The molecule has 0 bridgehead atoms. The van der Waals surface area contributed by atoms with Gasteiger partial charge in [0.15, 0.2) is 5.41 Å². The largest absolute Gasteiger partial charge is 0.549 e. The van der Waals surface area contributed by atoms with E-state index in [1.54, 1.807) is 13.8 Å². The van der Waals surface area contributed by atoms with Gasteiger partial charge in [-0.1, -0.05) is 27.7 Å². The molecule has 0 aromatic carbocycles. The lowest BCUT2D eigenvalue weighted by atomic mass is 9.78. The minimum atomic E-state index is -1.89. The standard InChI is InChI=1S/C21H36O5Si/c1-9-24-17(22)21(18(23)25-10-2)13-16-15(3)20(16,14-21)11-12-26-27(7,8)19(4,5)6/h11-12,15-16H,9-10,13-14H2,1-8H3/b12-11-/t15-,16-,20+/m1/s1. The van der Waals surface area contributed by atoms with Gasteiger partial charge in [0.05, 0.1) is 19.5 Å². The van der Waals surface area contributed by atoms with Gasteiger partial charge in [0, 0.05) is 0 Å². The van der Waals surface area contributed by atoms with Crippen LogP contribution in [-0.2, 0) is 23.5 Å². The predicted molar refractivity (Wildman–Crippen MR) is 107 cm³/mol. The number of fused-ring (bicyclic) bond motifs is 1. The maximum absolute atomic E-state index is 12.7. The third-order valence-electron chi connectivity index (χ3n) is 7.09. The number of hydrogen-bond donors (Lipinski definition) is 0. The first-order chi connectivity index (χ1) is 12.4. The molecular formula is C21H36O5Si. The summed E-state index contributed by atoms with van der Waals surface area (Å²) in [7, 11) is -1.89. The zero-order valence-corrected chi connectivity index (χ0v) is 19.2. The highest BCUT2D eigenvalue weighted by Gasteiger charge is 2.74. The van der Waals surface area contributed by atoms with Crippen molar-refractivity contribution >= 4 is 20.3 Å². The Hall–Kier alpha value is -1.30. The lowest BCUT2D eigenvalue weighted by Gasteiger charge is -2.35. The van der Waals surface area contributed by atoms with Crippen LogP contribution in [0.15, 0.2) is 12.3 Å². The van der Waals surface area contributed by atoms with E-state index >= 15 is 0 Å². The average Bonchev–Trinajstić information content (AvgIpc) is 2.91. The molecule has 6 heteroatoms. The fraction of sp³-hybridized carbons (Fsp3) is 0.810. The fourth-order valence-corrected chi connectivity index (χ4v) is 4.92. The van der Waals surface area contributed by atoms with E-state index in [1.165, 1.54) is 0 Å². The number of esters is 2. The monoisotopic (exact) mass is 396 g/mol. The summed E-state index contributed by atoms with van der Waals surface area (Å²) in [6.07, 6.45) is 4.88. The topological polar surface area (TPSA) is 61.8 Å². The summed E-state index contributed by atoms with van der Waals surface area (Å²) in [6.45, 7) is 17.3. The Balaban J connectivity index is 2.22. The van der Waals surface area contributed by atoms with E-state index in [1.807, 2.05) is 6.26 Å². The van der Waals surface area contributed by atoms with E-state index in [0.29, 0.717) is 18.8 Å². The number of ether oxygens (including phenoxy) is 2. The van der Waals surface area contributed by atoms with Gasteiger partial charge in [-0.05, 0) is 68.1 Å². The zero-order chi connectivity index (χ0) is 20.7. The second-order valence-electron chi connectivity index (χ2n) is 9.59. The van der Waals surface area contributed by atoms with Crippen LogP contribution in [0.5, 0.6) is 0 Å². The number of carbonyl (C=O) groups is 2. The Morgan fingerprint density at radius 1 is 1.11 bits per heavy atom. The van der Waals surface area contributed by atoms with Crippen molar-refractivity contribution in [2.24, 2.45) is 22.7 Å². The van der Waals surface area contributed by atoms with Gasteiger partial charge in [-0.15, -0.1) is 0 Å². The molecule has 154 valence electrons. The average molecular weight is 397 g/mol. The Morgan fingerprint density at radius 3 is 2.07 bits per heavy atom. The quantitative estimate of drug-likeness (QED) is 0.271. The van der Waals surface area contributed by atoms with E-state index in [2.05, 4.69) is 46.9 Å². The molecule has 0 aromatic heterocycles. The van der Waals surface area contributed by atoms with Crippen molar-refractivity contribution in [2.75, 3.05) is 13.2 Å². The first-order valence-electron chi connectivity index (χ1n) is 10.1. The molecule has 2 fully saturated rings. The summed E-state index contributed by atoms with van der Waals surface area (Å²) < 4.78 is 16.7. The van der Waals surface area contributed by atoms with E-state index in [-0.39, 0.29) is 29.6 Å². The van der Waals surface area contributed by atoms with Crippen LogP contribution < -0.4 is 0 Å². The third-order valence-corrected chi connectivity index (χ3v) is 11.4. The first kappa shape index (κ1) is 22.0. The van der Waals surface area contributed by atoms with E-state index in [4.69, 9.17) is 13.9 Å². The van der Waals surface area contributed by atoms with Crippen molar-refractivity contribution in [3.05, 3.63) is 12.3 Å². The molecule has 0 radical (unpaired) electrons. The van der Waals surface area contributed by atoms with Crippen molar-refractivity contribution < 1.29 is 23.5 Å². The number of carbonyl (C=O) groups excluding carboxylic acids is 2. The van der Waals surface area contributed by atoms with Crippen LogP contribution in [0, 0.1) is 22.7 Å². The van der Waals surface area contributed by atoms with Crippen LogP contribution >= 0.6 is 0 Å². The Morgan fingerprint density at radius 2 is 1.63 bits per heavy atom. The molecule has 2 rings (SSSR count). The van der Waals surface area contributed by atoms with Gasteiger partial charge in [0.25, 0.3) is 0 Å². The van der Waals surface area contributed by atoms with Crippen molar-refractivity contribution in [1.29, 1.82) is 0 Å². The summed E-state index contributed by atoms with van der Waals surface area (Å²) >= 11 is 0. The van der Waals surface area contributed by atoms with E-state index < -0.39 is 25.7 Å². The van der Waals surface area contributed by atoms with Crippen molar-refractivity contribution in [1.82, 2.24) is 0 Å². The second kappa shape index (κ2) is 7.26. The SMILES string of the molecule is CCOC(=O)C1(C(=O)OCC)C[C@@H]2[C@@H](C)[C@]2(/C=C\O[Si](C)(C)C(C)(C)C)C1. The highest BCUT2D eigenvalue weighted by Crippen LogP contribution is 2.74. The maximum Gasteiger partial charge on any atom is 0.323 e. The molecule has 0 amide bonds. The zero-order valence-electron chi connectivity index (χ0n) is 18.2. The van der Waals surface area contributed by atoms with E-state index in [0.717, 1.165) is 0 Å². The van der Waals surface area contributed by atoms with Crippen LogP contribution in [0.3, 0.4) is 0 Å². The number of hydrogen-bond acceptors (Lipinski definition) is 5. The summed E-state index contributed by atoms with van der Waals surface area (Å²) in [5, 5.41) is 0.124. The molecule has 5 nitrogen and oxygen atoms in total. The molecule has 3 atom stereocenters. The summed E-state index contributed by atoms with van der Waals surface area (Å²) in [5.74, 6) is -0.179. The van der Waals surface area contributed by atoms with Gasteiger partial charge in [-0.3, -0.25) is 9.59 Å². The smallest absolute Gasteiger partial charge is 0.323 e. The first-order valence-corrected chi connectivity index (χ1v) is 13.0. The third kappa shape index (κ3) is 3.69. The number of allylic oxidation sites excluding steroid dienone is 1. The molecule has 2 saturated carbocycles. The predicted octanol–water partition coefficient (Wildman–Crippen LogP) is 4.68. The maximum atomic E-state index is 12.7. The molecule has 27 heavy (non-hydrogen) atoms. The van der Waals surface area contributed by atoms with Gasteiger partial charge in [0.2, 0.25) is 8.32 Å². The summed E-state index contributed by atoms with van der Waals surface area (Å²) in [4.78, 5) is 25.4. The molecule has 2 aliphatic carbocycles. The van der Waals surface area contributed by atoms with Crippen molar-refractivity contribution in [3.8, 4) is 0 Å². The molecule has 0 N–H and O–H groups in total. The Kier molecular flexibility index (Phi) is 5.92. The lowest BCUT2D eigenvalue weighted by Crippen LogP contribution is -2.42. The van der Waals surface area contributed by atoms with Crippen LogP contribution in [0.2, 0.25) is 18.1 Å². The van der Waals surface area contributed by atoms with E-state index in [9.17, 15) is 9.59 Å². The highest BCUT2D eigenvalue weighted by atomic mass is 28.4. The van der Waals surface area contributed by atoms with Crippen LogP contribution in [0.4, 0.5) is 0 Å².